The van der Waals surface area contributed by atoms with E-state index in [1.54, 1.807) is 13.3 Å². The Kier molecular flexibility index (Phi) is 5.12. The molecule has 4 aromatic rings. The largest absolute Gasteiger partial charge is 0.496 e. The lowest BCUT2D eigenvalue weighted by molar-refractivity contribution is 0.0952. The van der Waals surface area contributed by atoms with Crippen LogP contribution in [0.1, 0.15) is 21.6 Å². The molecule has 1 N–H and O–H groups in total. The van der Waals surface area contributed by atoms with E-state index in [0.717, 1.165) is 27.7 Å². The first-order chi connectivity index (χ1) is 14.2. The summed E-state index contributed by atoms with van der Waals surface area (Å²) in [6.45, 7) is 2.06. The number of carbonyl (C=O) groups is 1. The van der Waals surface area contributed by atoms with Gasteiger partial charge in [-0.15, -0.1) is 0 Å². The van der Waals surface area contributed by atoms with Gasteiger partial charge in [0.2, 0.25) is 0 Å². The molecule has 0 aliphatic carbocycles. The lowest BCUT2D eigenvalue weighted by Gasteiger charge is -2.10. The number of hydrogen-bond donors (Lipinski definition) is 1. The second-order valence-electron chi connectivity index (χ2n) is 6.69. The van der Waals surface area contributed by atoms with E-state index in [-0.39, 0.29) is 5.91 Å². The Morgan fingerprint density at radius 2 is 1.72 bits per heavy atom. The Morgan fingerprint density at radius 3 is 2.48 bits per heavy atom. The minimum absolute atomic E-state index is 0.321. The molecule has 0 fully saturated rings. The quantitative estimate of drug-likeness (QED) is 0.401. The maximum Gasteiger partial charge on any atom is 0.275 e. The topological polar surface area (TPSA) is 55.6 Å². The van der Waals surface area contributed by atoms with Crippen molar-refractivity contribution in [1.29, 1.82) is 0 Å². The molecule has 4 rings (SSSR count). The summed E-state index contributed by atoms with van der Waals surface area (Å²) in [5, 5.41) is 6.14. The van der Waals surface area contributed by atoms with Crippen LogP contribution in [0.15, 0.2) is 84.1 Å². The molecule has 0 radical (unpaired) electrons. The number of methoxy groups -OCH3 is 1. The molecule has 0 aliphatic heterocycles. The minimum Gasteiger partial charge on any atom is -0.496 e. The van der Waals surface area contributed by atoms with Crippen LogP contribution in [0.3, 0.4) is 0 Å². The van der Waals surface area contributed by atoms with Crippen molar-refractivity contribution in [2.45, 2.75) is 6.92 Å². The summed E-state index contributed by atoms with van der Waals surface area (Å²) in [4.78, 5) is 12.7. The molecule has 0 spiro atoms. The van der Waals surface area contributed by atoms with Gasteiger partial charge in [-0.2, -0.15) is 5.10 Å². The molecule has 0 saturated heterocycles. The van der Waals surface area contributed by atoms with Crippen molar-refractivity contribution in [2.75, 3.05) is 7.11 Å². The van der Waals surface area contributed by atoms with Crippen LogP contribution in [0, 0.1) is 6.92 Å². The van der Waals surface area contributed by atoms with Gasteiger partial charge in [0, 0.05) is 11.9 Å². The van der Waals surface area contributed by atoms with Gasteiger partial charge in [-0.1, -0.05) is 42.5 Å². The fourth-order valence-corrected chi connectivity index (χ4v) is 3.34. The van der Waals surface area contributed by atoms with Crippen LogP contribution in [0.25, 0.3) is 16.5 Å². The zero-order valence-corrected chi connectivity index (χ0v) is 16.3. The van der Waals surface area contributed by atoms with Gasteiger partial charge in [0.05, 0.1) is 24.6 Å². The molecule has 0 saturated carbocycles. The molecule has 0 aliphatic rings. The Bertz CT molecular complexity index is 1210. The molecule has 1 heterocycles. The van der Waals surface area contributed by atoms with Crippen LogP contribution in [-0.4, -0.2) is 23.8 Å². The number of hydrogen-bond acceptors (Lipinski definition) is 3. The first-order valence-electron chi connectivity index (χ1n) is 9.31. The van der Waals surface area contributed by atoms with Gasteiger partial charge in [0.1, 0.15) is 5.75 Å². The van der Waals surface area contributed by atoms with E-state index in [4.69, 9.17) is 4.74 Å². The van der Waals surface area contributed by atoms with Gasteiger partial charge in [-0.05, 0) is 53.6 Å². The number of fused-ring (bicyclic) bond motifs is 1. The number of nitrogens with zero attached hydrogens (tertiary/aromatic N) is 2. The molecule has 3 aromatic carbocycles. The SMILES string of the molecule is COc1cc2ccccc2cc1C(=O)N/N=C\c1cccn1-c1ccccc1C. The van der Waals surface area contributed by atoms with Gasteiger partial charge >= 0.3 is 0 Å². The predicted molar refractivity (Wildman–Crippen MR) is 116 cm³/mol. The molecule has 1 aromatic heterocycles. The molecule has 5 heteroatoms. The van der Waals surface area contributed by atoms with Crippen LogP contribution in [-0.2, 0) is 0 Å². The highest BCUT2D eigenvalue weighted by Crippen LogP contribution is 2.26. The highest BCUT2D eigenvalue weighted by molar-refractivity contribution is 6.01. The number of aryl methyl sites for hydroxylation is 1. The molecular formula is C24H21N3O2. The molecule has 0 unspecified atom stereocenters. The zero-order valence-electron chi connectivity index (χ0n) is 16.3. The predicted octanol–water partition coefficient (Wildman–Crippen LogP) is 4.71. The van der Waals surface area contributed by atoms with Gasteiger partial charge in [-0.25, -0.2) is 5.43 Å². The van der Waals surface area contributed by atoms with Crippen molar-refractivity contribution in [3.05, 3.63) is 95.8 Å². The smallest absolute Gasteiger partial charge is 0.275 e. The fourth-order valence-electron chi connectivity index (χ4n) is 3.34. The summed E-state index contributed by atoms with van der Waals surface area (Å²) >= 11 is 0. The van der Waals surface area contributed by atoms with Gasteiger partial charge in [0.25, 0.3) is 5.91 Å². The van der Waals surface area contributed by atoms with Gasteiger partial charge in [-0.3, -0.25) is 4.79 Å². The summed E-state index contributed by atoms with van der Waals surface area (Å²) in [5.74, 6) is 0.192. The lowest BCUT2D eigenvalue weighted by atomic mass is 10.1. The summed E-state index contributed by atoms with van der Waals surface area (Å²) in [7, 11) is 1.55. The number of aromatic nitrogens is 1. The van der Waals surface area contributed by atoms with E-state index in [1.807, 2.05) is 77.5 Å². The second-order valence-corrected chi connectivity index (χ2v) is 6.69. The zero-order chi connectivity index (χ0) is 20.2. The van der Waals surface area contributed by atoms with Crippen LogP contribution in [0.2, 0.25) is 0 Å². The van der Waals surface area contributed by atoms with Crippen molar-refractivity contribution in [1.82, 2.24) is 9.99 Å². The number of amides is 1. The Morgan fingerprint density at radius 1 is 1.00 bits per heavy atom. The number of nitrogens with one attached hydrogen (secondary N) is 1. The highest BCUT2D eigenvalue weighted by Gasteiger charge is 2.13. The normalized spacial score (nSPS) is 11.1. The second kappa shape index (κ2) is 8.02. The Hall–Kier alpha value is -3.86. The van der Waals surface area contributed by atoms with E-state index in [2.05, 4.69) is 23.5 Å². The third-order valence-corrected chi connectivity index (χ3v) is 4.83. The van der Waals surface area contributed by atoms with Crippen LogP contribution in [0.5, 0.6) is 5.75 Å². The number of carbonyl (C=O) groups excluding carboxylic acids is 1. The number of rotatable bonds is 5. The van der Waals surface area contributed by atoms with Crippen molar-refractivity contribution < 1.29 is 9.53 Å². The van der Waals surface area contributed by atoms with Crippen molar-refractivity contribution in [3.63, 3.8) is 0 Å². The van der Waals surface area contributed by atoms with Gasteiger partial charge in [0.15, 0.2) is 0 Å². The maximum absolute atomic E-state index is 12.7. The third kappa shape index (κ3) is 3.75. The van der Waals surface area contributed by atoms with E-state index in [0.29, 0.717) is 11.3 Å². The molecule has 144 valence electrons. The molecular weight excluding hydrogens is 362 g/mol. The molecule has 0 atom stereocenters. The summed E-state index contributed by atoms with van der Waals surface area (Å²) in [6.07, 6.45) is 3.61. The minimum atomic E-state index is -0.321. The number of hydrazone groups is 1. The molecule has 1 amide bonds. The third-order valence-electron chi connectivity index (χ3n) is 4.83. The van der Waals surface area contributed by atoms with Gasteiger partial charge < -0.3 is 9.30 Å². The van der Waals surface area contributed by atoms with E-state index in [1.165, 1.54) is 0 Å². The number of benzene rings is 3. The lowest BCUT2D eigenvalue weighted by Crippen LogP contribution is -2.18. The molecule has 0 bridgehead atoms. The van der Waals surface area contributed by atoms with Crippen LogP contribution in [0.4, 0.5) is 0 Å². The fraction of sp³-hybridized carbons (Fsp3) is 0.0833. The standard InChI is InChI=1S/C24H21N3O2/c1-17-8-3-6-12-22(17)27-13-7-11-20(27)16-25-26-24(28)21-14-18-9-4-5-10-19(18)15-23(21)29-2/h3-16H,1-2H3,(H,26,28)/b25-16-. The summed E-state index contributed by atoms with van der Waals surface area (Å²) in [5.41, 5.74) is 6.14. The molecule has 5 nitrogen and oxygen atoms in total. The van der Waals surface area contributed by atoms with E-state index >= 15 is 0 Å². The van der Waals surface area contributed by atoms with E-state index < -0.39 is 0 Å². The highest BCUT2D eigenvalue weighted by atomic mass is 16.5. The van der Waals surface area contributed by atoms with Crippen molar-refractivity contribution >= 4 is 22.9 Å². The van der Waals surface area contributed by atoms with E-state index in [9.17, 15) is 4.79 Å². The first-order valence-corrected chi connectivity index (χ1v) is 9.31. The summed E-state index contributed by atoms with van der Waals surface area (Å²) in [6, 6.07) is 23.5. The number of para-hydroxylation sites is 1. The van der Waals surface area contributed by atoms with Crippen molar-refractivity contribution in [2.24, 2.45) is 5.10 Å². The van der Waals surface area contributed by atoms with Crippen LogP contribution >= 0.6 is 0 Å². The van der Waals surface area contributed by atoms with Crippen molar-refractivity contribution in [3.8, 4) is 11.4 Å². The maximum atomic E-state index is 12.7. The average Bonchev–Trinajstić information content (AvgIpc) is 3.21. The first kappa shape index (κ1) is 18.5. The summed E-state index contributed by atoms with van der Waals surface area (Å²) < 4.78 is 7.43. The Balaban J connectivity index is 1.57. The molecule has 29 heavy (non-hydrogen) atoms. The average molecular weight is 383 g/mol. The monoisotopic (exact) mass is 383 g/mol. The van der Waals surface area contributed by atoms with Crippen LogP contribution < -0.4 is 10.2 Å². The number of ether oxygens (including phenoxy) is 1. The Labute approximate surface area is 169 Å².